The Morgan fingerprint density at radius 1 is 1.15 bits per heavy atom. The number of amides is 1. The molecule has 27 heavy (non-hydrogen) atoms. The number of carbonyl (C=O) groups excluding carboxylic acids is 1. The fraction of sp³-hybridized carbons (Fsp3) is 0.176. The smallest absolute Gasteiger partial charge is 0.406 e. The molecule has 0 fully saturated rings. The molecule has 138 valence electrons. The molecule has 0 saturated carbocycles. The Kier molecular flexibility index (Phi) is 4.02. The highest BCUT2D eigenvalue weighted by atomic mass is 19.4. The van der Waals surface area contributed by atoms with Gasteiger partial charge in [0.2, 0.25) is 0 Å². The van der Waals surface area contributed by atoms with Gasteiger partial charge in [-0.1, -0.05) is 12.1 Å². The van der Waals surface area contributed by atoms with Crippen LogP contribution < -0.4 is 10.1 Å². The zero-order chi connectivity index (χ0) is 19.0. The Balaban J connectivity index is 1.68. The van der Waals surface area contributed by atoms with Crippen molar-refractivity contribution in [3.63, 3.8) is 0 Å². The molecule has 1 aliphatic rings. The first-order valence-electron chi connectivity index (χ1n) is 7.95. The molecular formula is C17H12F3N5O2. The fourth-order valence-corrected chi connectivity index (χ4v) is 2.73. The number of halogens is 3. The van der Waals surface area contributed by atoms with Crippen LogP contribution in [0, 0.1) is 0 Å². The summed E-state index contributed by atoms with van der Waals surface area (Å²) in [5, 5.41) is 7.09. The average molecular weight is 375 g/mol. The van der Waals surface area contributed by atoms with E-state index in [1.807, 2.05) is 0 Å². The van der Waals surface area contributed by atoms with Gasteiger partial charge in [-0.15, -0.1) is 13.2 Å². The molecule has 0 radical (unpaired) electrons. The monoisotopic (exact) mass is 375 g/mol. The van der Waals surface area contributed by atoms with Gasteiger partial charge in [0.1, 0.15) is 17.1 Å². The van der Waals surface area contributed by atoms with Gasteiger partial charge in [-0.3, -0.25) is 9.48 Å². The SMILES string of the molecule is O=C1NCCn2nc(-c3ccnc(-c4cccc(OC(F)(F)F)c4)n3)cc21. The van der Waals surface area contributed by atoms with Gasteiger partial charge >= 0.3 is 6.36 Å². The van der Waals surface area contributed by atoms with Crippen LogP contribution in [0.25, 0.3) is 22.8 Å². The summed E-state index contributed by atoms with van der Waals surface area (Å²) in [5.74, 6) is -0.357. The summed E-state index contributed by atoms with van der Waals surface area (Å²) in [7, 11) is 0. The van der Waals surface area contributed by atoms with Gasteiger partial charge in [-0.05, 0) is 24.3 Å². The normalized spacial score (nSPS) is 13.8. The lowest BCUT2D eigenvalue weighted by molar-refractivity contribution is -0.274. The van der Waals surface area contributed by atoms with Crippen molar-refractivity contribution in [1.82, 2.24) is 25.1 Å². The van der Waals surface area contributed by atoms with Gasteiger partial charge < -0.3 is 10.1 Å². The molecule has 0 atom stereocenters. The molecule has 4 rings (SSSR count). The minimum absolute atomic E-state index is 0.216. The van der Waals surface area contributed by atoms with E-state index in [-0.39, 0.29) is 17.5 Å². The molecule has 0 bridgehead atoms. The Bertz CT molecular complexity index is 1020. The van der Waals surface area contributed by atoms with Crippen LogP contribution in [-0.2, 0) is 6.54 Å². The maximum atomic E-state index is 12.4. The number of hydrogen-bond acceptors (Lipinski definition) is 5. The third-order valence-electron chi connectivity index (χ3n) is 3.87. The predicted octanol–water partition coefficient (Wildman–Crippen LogP) is 2.65. The van der Waals surface area contributed by atoms with Crippen LogP contribution >= 0.6 is 0 Å². The van der Waals surface area contributed by atoms with Crippen LogP contribution in [0.5, 0.6) is 5.75 Å². The minimum atomic E-state index is -4.78. The number of nitrogens with zero attached hydrogens (tertiary/aromatic N) is 4. The second-order valence-corrected chi connectivity index (χ2v) is 5.73. The number of alkyl halides is 3. The summed E-state index contributed by atoms with van der Waals surface area (Å²) in [6, 6.07) is 8.64. The topological polar surface area (TPSA) is 81.9 Å². The molecule has 7 nitrogen and oxygen atoms in total. The molecule has 0 spiro atoms. The van der Waals surface area contributed by atoms with E-state index in [2.05, 4.69) is 25.1 Å². The van der Waals surface area contributed by atoms with Gasteiger partial charge in [-0.25, -0.2) is 9.97 Å². The number of carbonyl (C=O) groups is 1. The van der Waals surface area contributed by atoms with Crippen molar-refractivity contribution in [2.24, 2.45) is 0 Å². The molecule has 1 aromatic carbocycles. The summed E-state index contributed by atoms with van der Waals surface area (Å²) in [4.78, 5) is 20.3. The van der Waals surface area contributed by atoms with E-state index in [0.29, 0.717) is 35.7 Å². The average Bonchev–Trinajstić information content (AvgIpc) is 3.06. The van der Waals surface area contributed by atoms with E-state index in [1.165, 1.54) is 24.4 Å². The maximum Gasteiger partial charge on any atom is 0.573 e. The van der Waals surface area contributed by atoms with E-state index in [4.69, 9.17) is 0 Å². The molecule has 3 aromatic rings. The van der Waals surface area contributed by atoms with E-state index in [1.54, 1.807) is 22.9 Å². The molecular weight excluding hydrogens is 363 g/mol. The lowest BCUT2D eigenvalue weighted by Gasteiger charge is -2.13. The van der Waals surface area contributed by atoms with E-state index >= 15 is 0 Å². The van der Waals surface area contributed by atoms with Crippen LogP contribution in [0.1, 0.15) is 10.5 Å². The van der Waals surface area contributed by atoms with E-state index < -0.39 is 6.36 Å². The second kappa shape index (κ2) is 6.38. The molecule has 2 aromatic heterocycles. The van der Waals surface area contributed by atoms with Gasteiger partial charge in [0.05, 0.1) is 12.2 Å². The Labute approximate surface area is 150 Å². The number of benzene rings is 1. The molecule has 0 aliphatic carbocycles. The fourth-order valence-electron chi connectivity index (χ4n) is 2.73. The molecule has 1 N–H and O–H groups in total. The summed E-state index contributed by atoms with van der Waals surface area (Å²) < 4.78 is 42.7. The van der Waals surface area contributed by atoms with Crippen molar-refractivity contribution in [2.75, 3.05) is 6.54 Å². The van der Waals surface area contributed by atoms with Crippen LogP contribution in [0.4, 0.5) is 13.2 Å². The largest absolute Gasteiger partial charge is 0.573 e. The number of ether oxygens (including phenoxy) is 1. The quantitative estimate of drug-likeness (QED) is 0.761. The predicted molar refractivity (Wildman–Crippen MR) is 87.7 cm³/mol. The summed E-state index contributed by atoms with van der Waals surface area (Å²) in [6.07, 6.45) is -3.30. The number of fused-ring (bicyclic) bond motifs is 1. The zero-order valence-corrected chi connectivity index (χ0v) is 13.7. The first kappa shape index (κ1) is 17.0. The van der Waals surface area contributed by atoms with Crippen molar-refractivity contribution in [2.45, 2.75) is 12.9 Å². The summed E-state index contributed by atoms with van der Waals surface area (Å²) in [6.45, 7) is 1.05. The van der Waals surface area contributed by atoms with E-state index in [0.717, 1.165) is 0 Å². The molecule has 1 amide bonds. The first-order chi connectivity index (χ1) is 12.9. The minimum Gasteiger partial charge on any atom is -0.406 e. The molecule has 1 aliphatic heterocycles. The first-order valence-corrected chi connectivity index (χ1v) is 7.95. The second-order valence-electron chi connectivity index (χ2n) is 5.73. The zero-order valence-electron chi connectivity index (χ0n) is 13.7. The molecule has 0 unspecified atom stereocenters. The van der Waals surface area contributed by atoms with Crippen LogP contribution in [-0.4, -0.2) is 38.6 Å². The number of aromatic nitrogens is 4. The van der Waals surface area contributed by atoms with Gasteiger partial charge in [0.25, 0.3) is 5.91 Å². The van der Waals surface area contributed by atoms with Gasteiger partial charge in [0, 0.05) is 18.3 Å². The van der Waals surface area contributed by atoms with Crippen molar-refractivity contribution in [3.8, 4) is 28.5 Å². The van der Waals surface area contributed by atoms with Crippen molar-refractivity contribution in [1.29, 1.82) is 0 Å². The molecule has 3 heterocycles. The Morgan fingerprint density at radius 2 is 2.00 bits per heavy atom. The third kappa shape index (κ3) is 3.59. The number of nitrogens with one attached hydrogen (secondary N) is 1. The lowest BCUT2D eigenvalue weighted by atomic mass is 10.2. The standard InChI is InChI=1S/C17H12F3N5O2/c18-17(19,20)27-11-3-1-2-10(8-11)15-21-5-4-12(23-15)13-9-14-16(26)22-6-7-25(14)24-13/h1-5,8-9H,6-7H2,(H,22,26). The lowest BCUT2D eigenvalue weighted by Crippen LogP contribution is -2.35. The highest BCUT2D eigenvalue weighted by molar-refractivity contribution is 5.94. The third-order valence-corrected chi connectivity index (χ3v) is 3.87. The van der Waals surface area contributed by atoms with Crippen LogP contribution in [0.3, 0.4) is 0 Å². The summed E-state index contributed by atoms with van der Waals surface area (Å²) in [5.41, 5.74) is 1.72. The molecule has 0 saturated heterocycles. The number of hydrogen-bond donors (Lipinski definition) is 1. The Hall–Kier alpha value is -3.43. The number of rotatable bonds is 3. The van der Waals surface area contributed by atoms with Gasteiger partial charge in [0.15, 0.2) is 5.82 Å². The van der Waals surface area contributed by atoms with Crippen LogP contribution in [0.15, 0.2) is 42.6 Å². The van der Waals surface area contributed by atoms with Crippen molar-refractivity contribution < 1.29 is 22.7 Å². The van der Waals surface area contributed by atoms with Gasteiger partial charge in [-0.2, -0.15) is 5.10 Å². The molecule has 10 heteroatoms. The Morgan fingerprint density at radius 3 is 2.78 bits per heavy atom. The van der Waals surface area contributed by atoms with E-state index in [9.17, 15) is 18.0 Å². The summed E-state index contributed by atoms with van der Waals surface area (Å²) >= 11 is 0. The maximum absolute atomic E-state index is 12.4. The van der Waals surface area contributed by atoms with Crippen molar-refractivity contribution in [3.05, 3.63) is 48.3 Å². The highest BCUT2D eigenvalue weighted by Crippen LogP contribution is 2.27. The van der Waals surface area contributed by atoms with Crippen LogP contribution in [0.2, 0.25) is 0 Å². The highest BCUT2D eigenvalue weighted by Gasteiger charge is 2.31. The van der Waals surface area contributed by atoms with Crippen molar-refractivity contribution >= 4 is 5.91 Å².